The van der Waals surface area contributed by atoms with Crippen LogP contribution in [0.4, 0.5) is 0 Å². The minimum Gasteiger partial charge on any atom is -0.355 e. The predicted octanol–water partition coefficient (Wildman–Crippen LogP) is 7.89. The van der Waals surface area contributed by atoms with E-state index in [9.17, 15) is 0 Å². The number of para-hydroxylation sites is 1. The molecule has 6 aromatic carbocycles. The lowest BCUT2D eigenvalue weighted by molar-refractivity contribution is 1.47. The second-order valence-electron chi connectivity index (χ2n) is 7.87. The van der Waals surface area contributed by atoms with Crippen LogP contribution in [-0.4, -0.2) is 4.98 Å². The number of fused-ring (bicyclic) bond motifs is 3. The Balaban J connectivity index is 1.69. The van der Waals surface area contributed by atoms with Crippen LogP contribution < -0.4 is 0 Å². The molecule has 0 fully saturated rings. The zero-order valence-electron chi connectivity index (χ0n) is 15.7. The first-order valence-electron chi connectivity index (χ1n) is 10.0. The van der Waals surface area contributed by atoms with Gasteiger partial charge in [-0.3, -0.25) is 0 Å². The molecule has 7 rings (SSSR count). The molecule has 7 aromatic rings. The van der Waals surface area contributed by atoms with E-state index in [0.717, 1.165) is 0 Å². The maximum Gasteiger partial charge on any atom is 0.0471 e. The smallest absolute Gasteiger partial charge is 0.0471 e. The molecule has 1 N–H and O–H groups in total. The maximum absolute atomic E-state index is 3.62. The van der Waals surface area contributed by atoms with Crippen molar-refractivity contribution in [1.82, 2.24) is 4.98 Å². The Bertz CT molecular complexity index is 1620. The van der Waals surface area contributed by atoms with Crippen molar-refractivity contribution in [2.24, 2.45) is 0 Å². The highest BCUT2D eigenvalue weighted by Gasteiger charge is 2.15. The summed E-state index contributed by atoms with van der Waals surface area (Å²) in [6, 6.07) is 35.3. The average molecular weight is 367 g/mol. The highest BCUT2D eigenvalue weighted by Crippen LogP contribution is 2.42. The molecule has 134 valence electrons. The van der Waals surface area contributed by atoms with Crippen molar-refractivity contribution in [3.8, 4) is 11.3 Å². The zero-order valence-corrected chi connectivity index (χ0v) is 15.7. The molecule has 0 atom stereocenters. The molecule has 0 spiro atoms. The van der Waals surface area contributed by atoms with E-state index in [2.05, 4.69) is 102 Å². The third kappa shape index (κ3) is 1.94. The molecule has 0 amide bonds. The second kappa shape index (κ2) is 5.36. The molecule has 1 nitrogen and oxygen atoms in total. The van der Waals surface area contributed by atoms with Crippen LogP contribution >= 0.6 is 0 Å². The number of nitrogens with one attached hydrogen (secondary N) is 1. The first-order chi connectivity index (χ1) is 14.4. The van der Waals surface area contributed by atoms with E-state index in [1.54, 1.807) is 0 Å². The van der Waals surface area contributed by atoms with Crippen molar-refractivity contribution >= 4 is 54.0 Å². The molecule has 29 heavy (non-hydrogen) atoms. The van der Waals surface area contributed by atoms with Crippen molar-refractivity contribution in [1.29, 1.82) is 0 Å². The van der Waals surface area contributed by atoms with Gasteiger partial charge in [-0.15, -0.1) is 0 Å². The molecule has 0 saturated heterocycles. The average Bonchev–Trinajstić information content (AvgIpc) is 3.21. The summed E-state index contributed by atoms with van der Waals surface area (Å²) in [6.45, 7) is 0. The highest BCUT2D eigenvalue weighted by molar-refractivity contribution is 6.34. The molecule has 0 aliphatic rings. The summed E-state index contributed by atoms with van der Waals surface area (Å²) >= 11 is 0. The van der Waals surface area contributed by atoms with Crippen molar-refractivity contribution in [3.05, 3.63) is 97.1 Å². The van der Waals surface area contributed by atoms with Gasteiger partial charge in [0.1, 0.15) is 0 Å². The van der Waals surface area contributed by atoms with Gasteiger partial charge in [-0.2, -0.15) is 0 Å². The number of hydrogen-bond acceptors (Lipinski definition) is 0. The summed E-state index contributed by atoms with van der Waals surface area (Å²) in [7, 11) is 0. The van der Waals surface area contributed by atoms with Gasteiger partial charge in [0.25, 0.3) is 0 Å². The van der Waals surface area contributed by atoms with Crippen LogP contribution in [-0.2, 0) is 0 Å². The molecule has 0 unspecified atom stereocenters. The van der Waals surface area contributed by atoms with Gasteiger partial charge in [-0.05, 0) is 55.2 Å². The lowest BCUT2D eigenvalue weighted by atomic mass is 9.88. The van der Waals surface area contributed by atoms with Crippen molar-refractivity contribution in [2.45, 2.75) is 0 Å². The number of benzene rings is 6. The second-order valence-corrected chi connectivity index (χ2v) is 7.87. The Morgan fingerprint density at radius 2 is 1.07 bits per heavy atom. The van der Waals surface area contributed by atoms with Crippen LogP contribution in [0.25, 0.3) is 65.3 Å². The molecule has 1 heteroatoms. The van der Waals surface area contributed by atoms with E-state index in [1.807, 2.05) is 0 Å². The van der Waals surface area contributed by atoms with Gasteiger partial charge in [0.15, 0.2) is 0 Å². The van der Waals surface area contributed by atoms with Gasteiger partial charge in [-0.25, -0.2) is 0 Å². The molecule has 0 radical (unpaired) electrons. The first-order valence-corrected chi connectivity index (χ1v) is 10.0. The highest BCUT2D eigenvalue weighted by atomic mass is 14.7. The normalized spacial score (nSPS) is 12.1. The molecule has 0 saturated carbocycles. The number of rotatable bonds is 1. The predicted molar refractivity (Wildman–Crippen MR) is 125 cm³/mol. The summed E-state index contributed by atoms with van der Waals surface area (Å²) < 4.78 is 0. The van der Waals surface area contributed by atoms with Crippen LogP contribution in [0, 0.1) is 0 Å². The van der Waals surface area contributed by atoms with Gasteiger partial charge in [0.2, 0.25) is 0 Å². The maximum atomic E-state index is 3.62. The molecule has 1 aromatic heterocycles. The first kappa shape index (κ1) is 15.1. The van der Waals surface area contributed by atoms with Gasteiger partial charge >= 0.3 is 0 Å². The Hall–Kier alpha value is -3.84. The Kier molecular flexibility index (Phi) is 2.80. The fraction of sp³-hybridized carbons (Fsp3) is 0. The molecule has 0 aliphatic carbocycles. The van der Waals surface area contributed by atoms with E-state index in [0.29, 0.717) is 0 Å². The summed E-state index contributed by atoms with van der Waals surface area (Å²) in [5.41, 5.74) is 3.61. The van der Waals surface area contributed by atoms with E-state index >= 15 is 0 Å². The number of aromatic amines is 1. The molecule has 0 bridgehead atoms. The number of aromatic nitrogens is 1. The fourth-order valence-corrected chi connectivity index (χ4v) is 5.10. The van der Waals surface area contributed by atoms with Gasteiger partial charge in [-0.1, -0.05) is 84.9 Å². The summed E-state index contributed by atoms with van der Waals surface area (Å²) in [4.78, 5) is 3.62. The Morgan fingerprint density at radius 1 is 0.448 bits per heavy atom. The van der Waals surface area contributed by atoms with E-state index in [1.165, 1.54) is 65.3 Å². The monoisotopic (exact) mass is 367 g/mol. The third-order valence-corrected chi connectivity index (χ3v) is 6.35. The lowest BCUT2D eigenvalue weighted by Crippen LogP contribution is -1.89. The van der Waals surface area contributed by atoms with Crippen LogP contribution in [0.5, 0.6) is 0 Å². The van der Waals surface area contributed by atoms with Gasteiger partial charge in [0, 0.05) is 22.2 Å². The standard InChI is InChI=1S/C28H17N/c1-2-13-25-18(6-1)16-26(29-25)19-14-15-24-22-10-4-8-17-7-3-9-21(27(17)22)23-12-5-11-20(19)28(23)24/h1-16,29H. The molecular weight excluding hydrogens is 350 g/mol. The van der Waals surface area contributed by atoms with Crippen LogP contribution in [0.3, 0.4) is 0 Å². The van der Waals surface area contributed by atoms with Crippen LogP contribution in [0.1, 0.15) is 0 Å². The van der Waals surface area contributed by atoms with Crippen LogP contribution in [0.2, 0.25) is 0 Å². The topological polar surface area (TPSA) is 15.8 Å². The summed E-state index contributed by atoms with van der Waals surface area (Å²) in [5, 5.41) is 11.9. The van der Waals surface area contributed by atoms with Crippen LogP contribution in [0.15, 0.2) is 97.1 Å². The quantitative estimate of drug-likeness (QED) is 0.224. The summed E-state index contributed by atoms with van der Waals surface area (Å²) in [5.74, 6) is 0. The van der Waals surface area contributed by atoms with E-state index < -0.39 is 0 Å². The molecule has 0 aliphatic heterocycles. The largest absolute Gasteiger partial charge is 0.355 e. The van der Waals surface area contributed by atoms with Crippen molar-refractivity contribution in [2.75, 3.05) is 0 Å². The van der Waals surface area contributed by atoms with Gasteiger partial charge in [0.05, 0.1) is 0 Å². The van der Waals surface area contributed by atoms with E-state index in [4.69, 9.17) is 0 Å². The number of hydrogen-bond donors (Lipinski definition) is 1. The zero-order chi connectivity index (χ0) is 18.9. The Morgan fingerprint density at radius 3 is 1.86 bits per heavy atom. The fourth-order valence-electron chi connectivity index (χ4n) is 5.10. The summed E-state index contributed by atoms with van der Waals surface area (Å²) in [6.07, 6.45) is 0. The molecule has 1 heterocycles. The number of H-pyrrole nitrogens is 1. The minimum atomic E-state index is 1.17. The van der Waals surface area contributed by atoms with Crippen molar-refractivity contribution in [3.63, 3.8) is 0 Å². The van der Waals surface area contributed by atoms with Gasteiger partial charge < -0.3 is 4.98 Å². The SMILES string of the molecule is c1ccc2[nH]c(-c3ccc4c5cccc6cccc(c7cccc3c74)c65)cc2c1. The third-order valence-electron chi connectivity index (χ3n) is 6.35. The molecular formula is C28H17N. The van der Waals surface area contributed by atoms with Crippen molar-refractivity contribution < 1.29 is 0 Å². The van der Waals surface area contributed by atoms with E-state index in [-0.39, 0.29) is 0 Å². The Labute approximate surface area is 167 Å². The minimum absolute atomic E-state index is 1.17. The lowest BCUT2D eigenvalue weighted by Gasteiger charge is -2.16.